The second-order valence-corrected chi connectivity index (χ2v) is 9.90. The Morgan fingerprint density at radius 2 is 1.81 bits per heavy atom. The molecule has 0 fully saturated rings. The fraction of sp³-hybridized carbons (Fsp3) is 0.467. The van der Waals surface area contributed by atoms with E-state index in [0.29, 0.717) is 0 Å². The molecule has 1 unspecified atom stereocenters. The first kappa shape index (κ1) is 13.2. The van der Waals surface area contributed by atoms with Gasteiger partial charge in [-0.15, -0.1) is 0 Å². The summed E-state index contributed by atoms with van der Waals surface area (Å²) in [5.74, 6) is 0.756. The maximum Gasteiger partial charge on any atom is 0.0812 e. The summed E-state index contributed by atoms with van der Waals surface area (Å²) in [4.78, 5) is 0. The zero-order chi connectivity index (χ0) is 12.0. The molecule has 88 valence electrons. The van der Waals surface area contributed by atoms with Crippen LogP contribution in [0, 0.1) is 5.92 Å². The number of allylic oxidation sites excluding steroid dienone is 2. The molecule has 0 nitrogen and oxygen atoms in total. The molecule has 1 rings (SSSR count). The van der Waals surface area contributed by atoms with Crippen LogP contribution in [0.25, 0.3) is 0 Å². The molecule has 0 saturated heterocycles. The molecule has 0 aromatic heterocycles. The normalized spacial score (nSPS) is 14.2. The third-order valence-electron chi connectivity index (χ3n) is 3.32. The van der Waals surface area contributed by atoms with Gasteiger partial charge in [0.1, 0.15) is 0 Å². The van der Waals surface area contributed by atoms with E-state index < -0.39 is 8.07 Å². The molecule has 0 N–H and O–H groups in total. The molecule has 0 aliphatic carbocycles. The van der Waals surface area contributed by atoms with Gasteiger partial charge in [0.05, 0.1) is 8.07 Å². The van der Waals surface area contributed by atoms with E-state index in [-0.39, 0.29) is 0 Å². The molecule has 0 heterocycles. The Balaban J connectivity index is 2.78. The van der Waals surface area contributed by atoms with Crippen LogP contribution in [0.5, 0.6) is 0 Å². The van der Waals surface area contributed by atoms with Gasteiger partial charge in [0.15, 0.2) is 0 Å². The van der Waals surface area contributed by atoms with Gasteiger partial charge in [0.2, 0.25) is 0 Å². The lowest BCUT2D eigenvalue weighted by Crippen LogP contribution is -2.42. The number of benzene rings is 1. The van der Waals surface area contributed by atoms with E-state index in [2.05, 4.69) is 69.4 Å². The SMILES string of the molecule is C/C=C/C(CC)C[Si](C)(C)c1ccccc1. The molecule has 1 aromatic rings. The Labute approximate surface area is 101 Å². The molecule has 0 saturated carbocycles. The molecule has 1 heteroatoms. The van der Waals surface area contributed by atoms with E-state index in [9.17, 15) is 0 Å². The fourth-order valence-electron chi connectivity index (χ4n) is 2.28. The number of hydrogen-bond acceptors (Lipinski definition) is 0. The summed E-state index contributed by atoms with van der Waals surface area (Å²) in [6.07, 6.45) is 5.83. The van der Waals surface area contributed by atoms with Gasteiger partial charge in [-0.3, -0.25) is 0 Å². The lowest BCUT2D eigenvalue weighted by atomic mass is 10.1. The monoisotopic (exact) mass is 232 g/mol. The Morgan fingerprint density at radius 1 is 1.19 bits per heavy atom. The van der Waals surface area contributed by atoms with Crippen LogP contribution >= 0.6 is 0 Å². The van der Waals surface area contributed by atoms with Crippen molar-refractivity contribution in [3.05, 3.63) is 42.5 Å². The molecule has 0 aliphatic heterocycles. The quantitative estimate of drug-likeness (QED) is 0.527. The van der Waals surface area contributed by atoms with E-state index in [1.54, 1.807) is 5.19 Å². The first-order valence-corrected chi connectivity index (χ1v) is 9.49. The van der Waals surface area contributed by atoms with Crippen molar-refractivity contribution in [3.63, 3.8) is 0 Å². The Kier molecular flexibility index (Phi) is 5.00. The minimum absolute atomic E-state index is 0.756. The zero-order valence-electron chi connectivity index (χ0n) is 11.0. The molecular weight excluding hydrogens is 208 g/mol. The van der Waals surface area contributed by atoms with E-state index in [1.807, 2.05) is 0 Å². The summed E-state index contributed by atoms with van der Waals surface area (Å²) in [7, 11) is -1.25. The summed E-state index contributed by atoms with van der Waals surface area (Å²) < 4.78 is 0. The maximum absolute atomic E-state index is 2.48. The molecule has 0 bridgehead atoms. The number of hydrogen-bond donors (Lipinski definition) is 0. The summed E-state index contributed by atoms with van der Waals surface area (Å²) in [5, 5.41) is 1.58. The van der Waals surface area contributed by atoms with Gasteiger partial charge in [0.25, 0.3) is 0 Å². The largest absolute Gasteiger partial charge is 0.0914 e. The molecule has 0 radical (unpaired) electrons. The third kappa shape index (κ3) is 3.64. The molecule has 0 aliphatic rings. The zero-order valence-corrected chi connectivity index (χ0v) is 12.0. The van der Waals surface area contributed by atoms with Gasteiger partial charge in [0, 0.05) is 0 Å². The average molecular weight is 232 g/mol. The van der Waals surface area contributed by atoms with Crippen molar-refractivity contribution in [2.45, 2.75) is 39.4 Å². The van der Waals surface area contributed by atoms with Gasteiger partial charge in [-0.25, -0.2) is 0 Å². The van der Waals surface area contributed by atoms with Crippen molar-refractivity contribution in [3.8, 4) is 0 Å². The van der Waals surface area contributed by atoms with Crippen LogP contribution in [-0.4, -0.2) is 8.07 Å². The van der Waals surface area contributed by atoms with E-state index in [0.717, 1.165) is 5.92 Å². The van der Waals surface area contributed by atoms with E-state index >= 15 is 0 Å². The van der Waals surface area contributed by atoms with Crippen LogP contribution in [0.3, 0.4) is 0 Å². The Morgan fingerprint density at radius 3 is 2.31 bits per heavy atom. The number of rotatable bonds is 5. The van der Waals surface area contributed by atoms with Gasteiger partial charge >= 0.3 is 0 Å². The van der Waals surface area contributed by atoms with Crippen molar-refractivity contribution in [2.75, 3.05) is 0 Å². The Bertz CT molecular complexity index is 325. The molecule has 0 spiro atoms. The summed E-state index contributed by atoms with van der Waals surface area (Å²) in [6, 6.07) is 12.4. The predicted octanol–water partition coefficient (Wildman–Crippen LogP) is 4.20. The van der Waals surface area contributed by atoms with Gasteiger partial charge in [-0.05, 0) is 18.9 Å². The molecule has 1 atom stereocenters. The van der Waals surface area contributed by atoms with Crippen molar-refractivity contribution in [1.29, 1.82) is 0 Å². The maximum atomic E-state index is 2.48. The molecule has 1 aromatic carbocycles. The molecule has 0 amide bonds. The van der Waals surface area contributed by atoms with Gasteiger partial charge < -0.3 is 0 Å². The third-order valence-corrected chi connectivity index (χ3v) is 6.76. The van der Waals surface area contributed by atoms with Gasteiger partial charge in [-0.2, -0.15) is 0 Å². The van der Waals surface area contributed by atoms with E-state index in [1.165, 1.54) is 12.5 Å². The second-order valence-electron chi connectivity index (χ2n) is 5.15. The van der Waals surface area contributed by atoms with E-state index in [4.69, 9.17) is 0 Å². The summed E-state index contributed by atoms with van der Waals surface area (Å²) in [5.41, 5.74) is 0. The summed E-state index contributed by atoms with van der Waals surface area (Å²) >= 11 is 0. The minimum Gasteiger partial charge on any atom is -0.0914 e. The lowest BCUT2D eigenvalue weighted by molar-refractivity contribution is 0.686. The highest BCUT2D eigenvalue weighted by molar-refractivity contribution is 6.89. The van der Waals surface area contributed by atoms with Crippen LogP contribution in [0.15, 0.2) is 42.5 Å². The molecule has 16 heavy (non-hydrogen) atoms. The van der Waals surface area contributed by atoms with Crippen molar-refractivity contribution in [1.82, 2.24) is 0 Å². The highest BCUT2D eigenvalue weighted by Gasteiger charge is 2.25. The Hall–Kier alpha value is -0.823. The second kappa shape index (κ2) is 6.05. The minimum atomic E-state index is -1.25. The average Bonchev–Trinajstić information content (AvgIpc) is 2.29. The standard InChI is InChI=1S/C15H24Si/c1-5-10-14(6-2)13-16(3,4)15-11-8-7-9-12-15/h5,7-12,14H,6,13H2,1-4H3/b10-5+. The van der Waals surface area contributed by atoms with Crippen LogP contribution in [0.2, 0.25) is 19.1 Å². The first-order valence-electron chi connectivity index (χ1n) is 6.28. The predicted molar refractivity (Wildman–Crippen MR) is 77.0 cm³/mol. The van der Waals surface area contributed by atoms with Crippen LogP contribution in [0.4, 0.5) is 0 Å². The highest BCUT2D eigenvalue weighted by atomic mass is 28.3. The van der Waals surface area contributed by atoms with Crippen molar-refractivity contribution >= 4 is 13.3 Å². The topological polar surface area (TPSA) is 0 Å². The van der Waals surface area contributed by atoms with Crippen molar-refractivity contribution < 1.29 is 0 Å². The smallest absolute Gasteiger partial charge is 0.0812 e. The van der Waals surface area contributed by atoms with Crippen LogP contribution in [-0.2, 0) is 0 Å². The highest BCUT2D eigenvalue weighted by Crippen LogP contribution is 2.21. The lowest BCUT2D eigenvalue weighted by Gasteiger charge is -2.26. The fourth-order valence-corrected chi connectivity index (χ4v) is 5.35. The van der Waals surface area contributed by atoms with Crippen LogP contribution < -0.4 is 5.19 Å². The van der Waals surface area contributed by atoms with Crippen LogP contribution in [0.1, 0.15) is 20.3 Å². The first-order chi connectivity index (χ1) is 7.60. The summed E-state index contributed by atoms with van der Waals surface area (Å²) in [6.45, 7) is 9.38. The van der Waals surface area contributed by atoms with Crippen molar-refractivity contribution in [2.24, 2.45) is 5.92 Å². The van der Waals surface area contributed by atoms with Gasteiger partial charge in [-0.1, -0.05) is 74.1 Å². The molecular formula is C15H24Si.